The van der Waals surface area contributed by atoms with Gasteiger partial charge in [0, 0.05) is 61.4 Å². The predicted molar refractivity (Wildman–Crippen MR) is 119 cm³/mol. The van der Waals surface area contributed by atoms with Crippen molar-refractivity contribution >= 4 is 22.6 Å². The molecule has 0 bridgehead atoms. The Balaban J connectivity index is 1.49. The molecule has 30 heavy (non-hydrogen) atoms. The predicted octanol–water partition coefficient (Wildman–Crippen LogP) is 4.91. The maximum Gasteiger partial charge on any atom is 0.322 e. The summed E-state index contributed by atoms with van der Waals surface area (Å²) in [5.41, 5.74) is 3.00. The smallest absolute Gasteiger partial charge is 0.322 e. The molecule has 0 aliphatic carbocycles. The van der Waals surface area contributed by atoms with Crippen molar-refractivity contribution in [1.29, 1.82) is 0 Å². The second kappa shape index (κ2) is 9.30. The quantitative estimate of drug-likeness (QED) is 0.607. The SMILES string of the molecule is CC(C)Cn1ccc2cc(NC(=O)N(Cc3cccnc3)CC3CCCO3)ccc21. The van der Waals surface area contributed by atoms with E-state index in [0.29, 0.717) is 19.0 Å². The summed E-state index contributed by atoms with van der Waals surface area (Å²) in [5, 5.41) is 4.21. The minimum atomic E-state index is -0.115. The van der Waals surface area contributed by atoms with Gasteiger partial charge in [0.1, 0.15) is 0 Å². The molecule has 1 aliphatic rings. The van der Waals surface area contributed by atoms with Crippen LogP contribution in [-0.2, 0) is 17.8 Å². The molecule has 1 aromatic carbocycles. The standard InChI is InChI=1S/C24H30N4O2/c1-18(2)15-27-11-9-20-13-21(7-8-23(20)27)26-24(29)28(17-22-6-4-12-30-22)16-19-5-3-10-25-14-19/h3,5,7-11,13-14,18,22H,4,6,12,15-17H2,1-2H3,(H,26,29). The van der Waals surface area contributed by atoms with E-state index in [2.05, 4.69) is 47.0 Å². The highest BCUT2D eigenvalue weighted by Gasteiger charge is 2.23. The maximum absolute atomic E-state index is 13.1. The molecule has 158 valence electrons. The fourth-order valence-corrected chi connectivity index (χ4v) is 4.00. The maximum atomic E-state index is 13.1. The summed E-state index contributed by atoms with van der Waals surface area (Å²) < 4.78 is 8.04. The molecule has 1 fully saturated rings. The molecule has 0 radical (unpaired) electrons. The van der Waals surface area contributed by atoms with Crippen LogP contribution in [0.3, 0.4) is 0 Å². The van der Waals surface area contributed by atoms with E-state index in [1.54, 1.807) is 12.4 Å². The molecule has 1 N–H and O–H groups in total. The second-order valence-electron chi connectivity index (χ2n) is 8.44. The average molecular weight is 407 g/mol. The number of nitrogens with one attached hydrogen (secondary N) is 1. The summed E-state index contributed by atoms with van der Waals surface area (Å²) in [6.07, 6.45) is 7.81. The first-order valence-corrected chi connectivity index (χ1v) is 10.7. The van der Waals surface area contributed by atoms with Gasteiger partial charge in [-0.25, -0.2) is 4.79 Å². The van der Waals surface area contributed by atoms with E-state index < -0.39 is 0 Å². The number of pyridine rings is 1. The summed E-state index contributed by atoms with van der Waals surface area (Å²) >= 11 is 0. The lowest BCUT2D eigenvalue weighted by atomic mass is 10.2. The van der Waals surface area contributed by atoms with Crippen LogP contribution in [0.15, 0.2) is 55.0 Å². The van der Waals surface area contributed by atoms with Gasteiger partial charge in [-0.3, -0.25) is 4.98 Å². The molecule has 4 rings (SSSR count). The molecule has 2 amide bonds. The van der Waals surface area contributed by atoms with E-state index in [4.69, 9.17) is 4.74 Å². The third-order valence-electron chi connectivity index (χ3n) is 5.42. The number of amides is 2. The van der Waals surface area contributed by atoms with Gasteiger partial charge >= 0.3 is 6.03 Å². The van der Waals surface area contributed by atoms with Crippen molar-refractivity contribution < 1.29 is 9.53 Å². The number of ether oxygens (including phenoxy) is 1. The van der Waals surface area contributed by atoms with Crippen LogP contribution in [0.25, 0.3) is 10.9 Å². The summed E-state index contributed by atoms with van der Waals surface area (Å²) in [5.74, 6) is 0.582. The molecule has 0 saturated carbocycles. The van der Waals surface area contributed by atoms with Crippen molar-refractivity contribution in [2.45, 2.75) is 45.9 Å². The van der Waals surface area contributed by atoms with Gasteiger partial charge in [-0.05, 0) is 54.7 Å². The number of benzene rings is 1. The third kappa shape index (κ3) is 5.00. The Labute approximate surface area is 177 Å². The number of fused-ring (bicyclic) bond motifs is 1. The molecule has 1 atom stereocenters. The first kappa shape index (κ1) is 20.4. The molecular formula is C24H30N4O2. The number of anilines is 1. The van der Waals surface area contributed by atoms with Gasteiger partial charge in [0.05, 0.1) is 6.10 Å². The topological polar surface area (TPSA) is 59.4 Å². The number of hydrogen-bond acceptors (Lipinski definition) is 3. The van der Waals surface area contributed by atoms with E-state index in [9.17, 15) is 4.79 Å². The largest absolute Gasteiger partial charge is 0.376 e. The first-order valence-electron chi connectivity index (χ1n) is 10.7. The van der Waals surface area contributed by atoms with Crippen molar-refractivity contribution in [3.63, 3.8) is 0 Å². The van der Waals surface area contributed by atoms with Gasteiger partial charge in [-0.15, -0.1) is 0 Å². The normalized spacial score (nSPS) is 16.3. The molecule has 1 unspecified atom stereocenters. The van der Waals surface area contributed by atoms with E-state index >= 15 is 0 Å². The van der Waals surface area contributed by atoms with Gasteiger partial charge in [-0.2, -0.15) is 0 Å². The van der Waals surface area contributed by atoms with Crippen molar-refractivity contribution in [2.75, 3.05) is 18.5 Å². The van der Waals surface area contributed by atoms with Crippen LogP contribution >= 0.6 is 0 Å². The Morgan fingerprint density at radius 1 is 1.33 bits per heavy atom. The number of nitrogens with zero attached hydrogens (tertiary/aromatic N) is 3. The second-order valence-corrected chi connectivity index (χ2v) is 8.44. The van der Waals surface area contributed by atoms with E-state index in [0.717, 1.165) is 42.6 Å². The van der Waals surface area contributed by atoms with Crippen LogP contribution in [0.5, 0.6) is 0 Å². The molecule has 3 aromatic rings. The Kier molecular flexibility index (Phi) is 6.33. The highest BCUT2D eigenvalue weighted by atomic mass is 16.5. The average Bonchev–Trinajstić information content (AvgIpc) is 3.38. The summed E-state index contributed by atoms with van der Waals surface area (Å²) in [6, 6.07) is 12.0. The lowest BCUT2D eigenvalue weighted by Gasteiger charge is -2.26. The van der Waals surface area contributed by atoms with E-state index in [1.165, 1.54) is 5.52 Å². The van der Waals surface area contributed by atoms with Gasteiger partial charge in [0.2, 0.25) is 0 Å². The lowest BCUT2D eigenvalue weighted by Crippen LogP contribution is -2.39. The highest BCUT2D eigenvalue weighted by molar-refractivity contribution is 5.93. The van der Waals surface area contributed by atoms with Gasteiger partial charge in [0.25, 0.3) is 0 Å². The number of urea groups is 1. The Morgan fingerprint density at radius 2 is 2.23 bits per heavy atom. The molecule has 2 aromatic heterocycles. The van der Waals surface area contributed by atoms with Gasteiger partial charge in [0.15, 0.2) is 0 Å². The minimum absolute atomic E-state index is 0.0972. The molecule has 6 nitrogen and oxygen atoms in total. The number of hydrogen-bond donors (Lipinski definition) is 1. The zero-order valence-electron chi connectivity index (χ0n) is 17.8. The van der Waals surface area contributed by atoms with Crippen molar-refractivity contribution in [3.8, 4) is 0 Å². The van der Waals surface area contributed by atoms with Crippen LogP contribution in [0, 0.1) is 5.92 Å². The Morgan fingerprint density at radius 3 is 2.97 bits per heavy atom. The van der Waals surface area contributed by atoms with Crippen LogP contribution < -0.4 is 5.32 Å². The molecule has 0 spiro atoms. The fourth-order valence-electron chi connectivity index (χ4n) is 4.00. The Bertz CT molecular complexity index is 977. The minimum Gasteiger partial charge on any atom is -0.376 e. The molecular weight excluding hydrogens is 376 g/mol. The third-order valence-corrected chi connectivity index (χ3v) is 5.42. The number of aromatic nitrogens is 2. The van der Waals surface area contributed by atoms with Crippen LogP contribution in [0.4, 0.5) is 10.5 Å². The zero-order valence-corrected chi connectivity index (χ0v) is 17.8. The number of carbonyl (C=O) groups excluding carboxylic acids is 1. The summed E-state index contributed by atoms with van der Waals surface area (Å²) in [7, 11) is 0. The highest BCUT2D eigenvalue weighted by Crippen LogP contribution is 2.22. The fraction of sp³-hybridized carbons (Fsp3) is 0.417. The summed E-state index contributed by atoms with van der Waals surface area (Å²) in [4.78, 5) is 19.1. The van der Waals surface area contributed by atoms with Crippen LogP contribution in [0.2, 0.25) is 0 Å². The zero-order chi connectivity index (χ0) is 20.9. The Hall–Kier alpha value is -2.86. The van der Waals surface area contributed by atoms with Gasteiger partial charge in [-0.1, -0.05) is 19.9 Å². The number of carbonyl (C=O) groups is 1. The lowest BCUT2D eigenvalue weighted by molar-refractivity contribution is 0.0819. The van der Waals surface area contributed by atoms with Crippen molar-refractivity contribution in [1.82, 2.24) is 14.5 Å². The molecule has 3 heterocycles. The van der Waals surface area contributed by atoms with Crippen molar-refractivity contribution in [2.24, 2.45) is 5.92 Å². The molecule has 6 heteroatoms. The van der Waals surface area contributed by atoms with Crippen molar-refractivity contribution in [3.05, 3.63) is 60.6 Å². The van der Waals surface area contributed by atoms with Gasteiger partial charge < -0.3 is 19.5 Å². The monoisotopic (exact) mass is 406 g/mol. The van der Waals surface area contributed by atoms with E-state index in [-0.39, 0.29) is 12.1 Å². The van der Waals surface area contributed by atoms with Crippen LogP contribution in [0.1, 0.15) is 32.3 Å². The molecule has 1 saturated heterocycles. The van der Waals surface area contributed by atoms with E-state index in [1.807, 2.05) is 29.2 Å². The number of rotatable bonds is 7. The summed E-state index contributed by atoms with van der Waals surface area (Å²) in [6.45, 7) is 7.27. The first-order chi connectivity index (χ1) is 14.6. The van der Waals surface area contributed by atoms with Crippen LogP contribution in [-0.4, -0.2) is 39.7 Å². The molecule has 1 aliphatic heterocycles.